The molecule has 3 rings (SSSR count). The van der Waals surface area contributed by atoms with Gasteiger partial charge in [0.05, 0.1) is 21.2 Å². The van der Waals surface area contributed by atoms with Gasteiger partial charge in [-0.25, -0.2) is 8.78 Å². The van der Waals surface area contributed by atoms with Crippen molar-refractivity contribution in [1.82, 2.24) is 9.55 Å². The molecule has 0 atom stereocenters. The van der Waals surface area contributed by atoms with Crippen LogP contribution < -0.4 is 0 Å². The third-order valence-corrected chi connectivity index (χ3v) is 4.03. The smallest absolute Gasteiger partial charge is 0.182 e. The number of aryl methyl sites for hydroxylation is 1. The number of fused-ring (bicyclic) bond motifs is 1. The van der Waals surface area contributed by atoms with Gasteiger partial charge < -0.3 is 4.98 Å². The first-order chi connectivity index (χ1) is 9.49. The van der Waals surface area contributed by atoms with E-state index in [4.69, 9.17) is 12.2 Å². The Morgan fingerprint density at radius 3 is 2.70 bits per heavy atom. The first-order valence-corrected chi connectivity index (χ1v) is 7.04. The Labute approximate surface area is 127 Å². The molecule has 3 aromatic rings. The molecule has 102 valence electrons. The van der Waals surface area contributed by atoms with E-state index in [0.717, 1.165) is 28.7 Å². The van der Waals surface area contributed by atoms with E-state index >= 15 is 0 Å². The number of nitrogens with one attached hydrogen (secondary N) is 1. The Balaban J connectivity index is 2.44. The molecule has 1 aromatic heterocycles. The van der Waals surface area contributed by atoms with Gasteiger partial charge in [-0.05, 0) is 52.8 Å². The van der Waals surface area contributed by atoms with Crippen LogP contribution in [0.4, 0.5) is 8.78 Å². The van der Waals surface area contributed by atoms with E-state index in [1.807, 2.05) is 25.1 Å². The van der Waals surface area contributed by atoms with Crippen LogP contribution in [-0.2, 0) is 0 Å². The second-order valence-electron chi connectivity index (χ2n) is 4.45. The number of benzene rings is 2. The fourth-order valence-electron chi connectivity index (χ4n) is 2.24. The van der Waals surface area contributed by atoms with Crippen LogP contribution in [0.15, 0.2) is 34.8 Å². The number of aromatic nitrogens is 2. The summed E-state index contributed by atoms with van der Waals surface area (Å²) in [5, 5.41) is 0. The molecular weight excluding hydrogens is 346 g/mol. The maximum Gasteiger partial charge on any atom is 0.182 e. The zero-order valence-corrected chi connectivity index (χ0v) is 12.8. The van der Waals surface area contributed by atoms with Crippen molar-refractivity contribution in [3.05, 3.63) is 56.8 Å². The summed E-state index contributed by atoms with van der Waals surface area (Å²) in [6, 6.07) is 7.86. The van der Waals surface area contributed by atoms with Crippen molar-refractivity contribution in [3.8, 4) is 5.69 Å². The largest absolute Gasteiger partial charge is 0.330 e. The van der Waals surface area contributed by atoms with E-state index in [1.54, 1.807) is 0 Å². The van der Waals surface area contributed by atoms with E-state index in [2.05, 4.69) is 20.9 Å². The molecule has 0 spiro atoms. The SMILES string of the molecule is Cc1cccc2[nH]c(=S)n(-c3cc(F)c(Br)cc3F)c12. The number of hydrogen-bond donors (Lipinski definition) is 1. The molecule has 0 bridgehead atoms. The summed E-state index contributed by atoms with van der Waals surface area (Å²) in [5.74, 6) is -1.08. The van der Waals surface area contributed by atoms with Gasteiger partial charge in [0.1, 0.15) is 11.6 Å². The number of imidazole rings is 1. The summed E-state index contributed by atoms with van der Waals surface area (Å²) in [6.45, 7) is 1.90. The highest BCUT2D eigenvalue weighted by Gasteiger charge is 2.15. The fraction of sp³-hybridized carbons (Fsp3) is 0.0714. The lowest BCUT2D eigenvalue weighted by molar-refractivity contribution is 0.588. The zero-order chi connectivity index (χ0) is 14.4. The standard InChI is InChI=1S/C14H9BrF2N2S/c1-7-3-2-4-11-13(7)19(14(20)18-11)12-6-9(16)8(15)5-10(12)17/h2-6H,1H3,(H,18,20). The van der Waals surface area contributed by atoms with Crippen molar-refractivity contribution in [2.75, 3.05) is 0 Å². The fourth-order valence-corrected chi connectivity index (χ4v) is 2.86. The van der Waals surface area contributed by atoms with E-state index in [1.165, 1.54) is 4.57 Å². The molecule has 0 aliphatic rings. The highest BCUT2D eigenvalue weighted by molar-refractivity contribution is 9.10. The predicted molar refractivity (Wildman–Crippen MR) is 80.8 cm³/mol. The molecule has 0 amide bonds. The summed E-state index contributed by atoms with van der Waals surface area (Å²) in [7, 11) is 0. The molecule has 0 radical (unpaired) electrons. The number of H-pyrrole nitrogens is 1. The zero-order valence-electron chi connectivity index (χ0n) is 10.4. The Kier molecular flexibility index (Phi) is 3.22. The first kappa shape index (κ1) is 13.5. The van der Waals surface area contributed by atoms with Crippen molar-refractivity contribution < 1.29 is 8.78 Å². The van der Waals surface area contributed by atoms with E-state index < -0.39 is 11.6 Å². The van der Waals surface area contributed by atoms with Crippen molar-refractivity contribution in [2.24, 2.45) is 0 Å². The lowest BCUT2D eigenvalue weighted by atomic mass is 10.2. The minimum atomic E-state index is -0.543. The van der Waals surface area contributed by atoms with Crippen molar-refractivity contribution in [1.29, 1.82) is 0 Å². The normalized spacial score (nSPS) is 11.2. The molecule has 0 saturated carbocycles. The molecule has 0 saturated heterocycles. The van der Waals surface area contributed by atoms with Gasteiger partial charge in [-0.1, -0.05) is 12.1 Å². The molecule has 2 nitrogen and oxygen atoms in total. The first-order valence-electron chi connectivity index (χ1n) is 5.84. The highest BCUT2D eigenvalue weighted by Crippen LogP contribution is 2.27. The highest BCUT2D eigenvalue weighted by atomic mass is 79.9. The summed E-state index contributed by atoms with van der Waals surface area (Å²) in [5.41, 5.74) is 2.56. The van der Waals surface area contributed by atoms with E-state index in [9.17, 15) is 8.78 Å². The average Bonchev–Trinajstić information content (AvgIpc) is 2.71. The topological polar surface area (TPSA) is 20.7 Å². The average molecular weight is 355 g/mol. The quantitative estimate of drug-likeness (QED) is 0.479. The van der Waals surface area contributed by atoms with Gasteiger partial charge in [0, 0.05) is 6.07 Å². The number of hydrogen-bond acceptors (Lipinski definition) is 1. The van der Waals surface area contributed by atoms with Gasteiger partial charge in [-0.15, -0.1) is 0 Å². The number of halogens is 3. The molecule has 0 aliphatic heterocycles. The van der Waals surface area contributed by atoms with Crippen molar-refractivity contribution >= 4 is 39.2 Å². The predicted octanol–water partition coefficient (Wildman–Crippen LogP) is 5.04. The van der Waals surface area contributed by atoms with Crippen molar-refractivity contribution in [3.63, 3.8) is 0 Å². The van der Waals surface area contributed by atoms with Crippen LogP contribution in [-0.4, -0.2) is 9.55 Å². The summed E-state index contributed by atoms with van der Waals surface area (Å²) in [6.07, 6.45) is 0. The maximum absolute atomic E-state index is 14.2. The van der Waals surface area contributed by atoms with Gasteiger partial charge >= 0.3 is 0 Å². The van der Waals surface area contributed by atoms with Gasteiger partial charge in [0.25, 0.3) is 0 Å². The van der Waals surface area contributed by atoms with Crippen LogP contribution >= 0.6 is 28.1 Å². The maximum atomic E-state index is 14.2. The van der Waals surface area contributed by atoms with Gasteiger partial charge in [-0.2, -0.15) is 0 Å². The van der Waals surface area contributed by atoms with Gasteiger partial charge in [0.15, 0.2) is 4.77 Å². The lowest BCUT2D eigenvalue weighted by Gasteiger charge is -2.09. The molecule has 0 unspecified atom stereocenters. The molecule has 20 heavy (non-hydrogen) atoms. The monoisotopic (exact) mass is 354 g/mol. The Bertz CT molecular complexity index is 883. The Morgan fingerprint density at radius 2 is 1.95 bits per heavy atom. The van der Waals surface area contributed by atoms with Gasteiger partial charge in [-0.3, -0.25) is 4.57 Å². The number of aromatic amines is 1. The molecule has 6 heteroatoms. The number of para-hydroxylation sites is 1. The second-order valence-corrected chi connectivity index (χ2v) is 5.70. The molecule has 1 N–H and O–H groups in total. The van der Waals surface area contributed by atoms with Crippen molar-refractivity contribution in [2.45, 2.75) is 6.92 Å². The third kappa shape index (κ3) is 1.99. The summed E-state index contributed by atoms with van der Waals surface area (Å²) in [4.78, 5) is 3.00. The van der Waals surface area contributed by atoms with E-state index in [0.29, 0.717) is 4.77 Å². The van der Waals surface area contributed by atoms with Crippen LogP contribution in [0.25, 0.3) is 16.7 Å². The minimum absolute atomic E-state index is 0.0850. The summed E-state index contributed by atoms with van der Waals surface area (Å²) < 4.78 is 29.8. The molecule has 0 fully saturated rings. The Hall–Kier alpha value is -1.53. The molecule has 0 aliphatic carbocycles. The van der Waals surface area contributed by atoms with Crippen LogP contribution in [0.5, 0.6) is 0 Å². The third-order valence-electron chi connectivity index (χ3n) is 3.14. The van der Waals surface area contributed by atoms with E-state index in [-0.39, 0.29) is 10.2 Å². The second kappa shape index (κ2) is 4.79. The number of nitrogens with zero attached hydrogens (tertiary/aromatic N) is 1. The number of rotatable bonds is 1. The van der Waals surface area contributed by atoms with Crippen LogP contribution in [0.2, 0.25) is 0 Å². The minimum Gasteiger partial charge on any atom is -0.330 e. The lowest BCUT2D eigenvalue weighted by Crippen LogP contribution is -2.00. The van der Waals surface area contributed by atoms with Gasteiger partial charge in [0.2, 0.25) is 0 Å². The van der Waals surface area contributed by atoms with Crippen LogP contribution in [0, 0.1) is 23.3 Å². The molecule has 2 aromatic carbocycles. The van der Waals surface area contributed by atoms with Crippen LogP contribution in [0.3, 0.4) is 0 Å². The Morgan fingerprint density at radius 1 is 1.20 bits per heavy atom. The molecule has 1 heterocycles. The molecular formula is C14H9BrF2N2S. The summed E-state index contributed by atoms with van der Waals surface area (Å²) >= 11 is 8.20. The van der Waals surface area contributed by atoms with Crippen LogP contribution in [0.1, 0.15) is 5.56 Å².